The van der Waals surface area contributed by atoms with Crippen LogP contribution in [0.5, 0.6) is 0 Å². The SMILES string of the molecule is CCCCN(C(=O)O)C1CCCN(C(=O)c2ccc(CNCCc3nnn[nH]3)cc2)C1. The van der Waals surface area contributed by atoms with Crippen LogP contribution in [0.4, 0.5) is 4.79 Å². The molecule has 10 heteroatoms. The number of benzene rings is 1. The molecule has 1 aromatic carbocycles. The average molecular weight is 430 g/mol. The average Bonchev–Trinajstić information content (AvgIpc) is 3.30. The fraction of sp³-hybridized carbons (Fsp3) is 0.571. The third kappa shape index (κ3) is 6.48. The number of carboxylic acid groups (broad SMARTS) is 1. The number of carbonyl (C=O) groups excluding carboxylic acids is 1. The molecule has 168 valence electrons. The van der Waals surface area contributed by atoms with Crippen molar-refractivity contribution in [3.05, 3.63) is 41.2 Å². The highest BCUT2D eigenvalue weighted by atomic mass is 16.4. The predicted molar refractivity (Wildman–Crippen MR) is 115 cm³/mol. The Balaban J connectivity index is 1.51. The smallest absolute Gasteiger partial charge is 0.407 e. The molecule has 1 unspecified atom stereocenters. The minimum absolute atomic E-state index is 0.0390. The van der Waals surface area contributed by atoms with Gasteiger partial charge >= 0.3 is 6.09 Å². The molecule has 1 aromatic heterocycles. The van der Waals surface area contributed by atoms with Gasteiger partial charge in [0.1, 0.15) is 5.82 Å². The number of nitrogens with zero attached hydrogens (tertiary/aromatic N) is 5. The minimum Gasteiger partial charge on any atom is -0.465 e. The van der Waals surface area contributed by atoms with Crippen molar-refractivity contribution in [2.45, 2.75) is 51.6 Å². The van der Waals surface area contributed by atoms with E-state index < -0.39 is 6.09 Å². The van der Waals surface area contributed by atoms with Gasteiger partial charge in [-0.25, -0.2) is 9.89 Å². The maximum Gasteiger partial charge on any atom is 0.407 e. The molecule has 2 heterocycles. The number of aromatic amines is 1. The van der Waals surface area contributed by atoms with Crippen LogP contribution < -0.4 is 5.32 Å². The molecule has 0 bridgehead atoms. The summed E-state index contributed by atoms with van der Waals surface area (Å²) in [6.45, 7) is 5.11. The molecule has 0 spiro atoms. The number of carbonyl (C=O) groups is 2. The van der Waals surface area contributed by atoms with Crippen molar-refractivity contribution >= 4 is 12.0 Å². The van der Waals surface area contributed by atoms with Gasteiger partial charge in [0.15, 0.2) is 0 Å². The number of unbranched alkanes of at least 4 members (excludes halogenated alkanes) is 1. The van der Waals surface area contributed by atoms with E-state index in [9.17, 15) is 14.7 Å². The molecule has 1 aliphatic rings. The van der Waals surface area contributed by atoms with Crippen molar-refractivity contribution in [2.75, 3.05) is 26.2 Å². The molecule has 31 heavy (non-hydrogen) atoms. The lowest BCUT2D eigenvalue weighted by atomic mass is 10.0. The van der Waals surface area contributed by atoms with E-state index >= 15 is 0 Å². The highest BCUT2D eigenvalue weighted by molar-refractivity contribution is 5.94. The summed E-state index contributed by atoms with van der Waals surface area (Å²) in [6, 6.07) is 7.44. The summed E-state index contributed by atoms with van der Waals surface area (Å²) in [4.78, 5) is 27.9. The highest BCUT2D eigenvalue weighted by Gasteiger charge is 2.30. The Morgan fingerprint density at radius 1 is 1.32 bits per heavy atom. The molecular weight excluding hydrogens is 398 g/mol. The fourth-order valence-electron chi connectivity index (χ4n) is 3.83. The van der Waals surface area contributed by atoms with Crippen molar-refractivity contribution in [3.63, 3.8) is 0 Å². The Hall–Kier alpha value is -3.01. The Morgan fingerprint density at radius 3 is 2.81 bits per heavy atom. The summed E-state index contributed by atoms with van der Waals surface area (Å²) in [7, 11) is 0. The number of H-pyrrole nitrogens is 1. The van der Waals surface area contributed by atoms with Crippen LogP contribution in [0.15, 0.2) is 24.3 Å². The summed E-state index contributed by atoms with van der Waals surface area (Å²) in [5.74, 6) is 0.701. The van der Waals surface area contributed by atoms with E-state index in [1.54, 1.807) is 4.90 Å². The second-order valence-electron chi connectivity index (χ2n) is 7.85. The first-order valence-corrected chi connectivity index (χ1v) is 10.9. The van der Waals surface area contributed by atoms with E-state index in [0.717, 1.165) is 43.6 Å². The van der Waals surface area contributed by atoms with E-state index in [0.29, 0.717) is 38.2 Å². The summed E-state index contributed by atoms with van der Waals surface area (Å²) >= 11 is 0. The monoisotopic (exact) mass is 429 g/mol. The van der Waals surface area contributed by atoms with E-state index in [1.165, 1.54) is 4.90 Å². The maximum absolute atomic E-state index is 13.0. The molecule has 1 atom stereocenters. The molecule has 0 aliphatic carbocycles. The molecule has 1 fully saturated rings. The number of tetrazole rings is 1. The Labute approximate surface area is 182 Å². The summed E-state index contributed by atoms with van der Waals surface area (Å²) in [5, 5.41) is 26.5. The van der Waals surface area contributed by atoms with Crippen LogP contribution in [0.2, 0.25) is 0 Å². The normalized spacial score (nSPS) is 16.3. The van der Waals surface area contributed by atoms with Crippen LogP contribution >= 0.6 is 0 Å². The lowest BCUT2D eigenvalue weighted by molar-refractivity contribution is 0.0559. The van der Waals surface area contributed by atoms with E-state index in [-0.39, 0.29) is 11.9 Å². The number of aromatic nitrogens is 4. The third-order valence-electron chi connectivity index (χ3n) is 5.58. The van der Waals surface area contributed by atoms with Crippen molar-refractivity contribution in [1.82, 2.24) is 35.7 Å². The second kappa shape index (κ2) is 11.4. The molecule has 10 nitrogen and oxygen atoms in total. The Morgan fingerprint density at radius 2 is 2.13 bits per heavy atom. The number of piperidine rings is 1. The van der Waals surface area contributed by atoms with Gasteiger partial charge in [-0.3, -0.25) is 4.79 Å². The third-order valence-corrected chi connectivity index (χ3v) is 5.58. The first kappa shape index (κ1) is 22.7. The number of hydrogen-bond donors (Lipinski definition) is 3. The van der Waals surface area contributed by atoms with Crippen LogP contribution in [-0.2, 0) is 13.0 Å². The largest absolute Gasteiger partial charge is 0.465 e. The van der Waals surface area contributed by atoms with Gasteiger partial charge in [0.2, 0.25) is 0 Å². The minimum atomic E-state index is -0.899. The van der Waals surface area contributed by atoms with Gasteiger partial charge < -0.3 is 20.2 Å². The predicted octanol–water partition coefficient (Wildman–Crippen LogP) is 1.92. The molecule has 1 saturated heterocycles. The topological polar surface area (TPSA) is 127 Å². The number of likely N-dealkylation sites (tertiary alicyclic amines) is 1. The van der Waals surface area contributed by atoms with E-state index in [1.807, 2.05) is 31.2 Å². The summed E-state index contributed by atoms with van der Waals surface area (Å²) < 4.78 is 0. The zero-order valence-corrected chi connectivity index (χ0v) is 18.0. The second-order valence-corrected chi connectivity index (χ2v) is 7.85. The van der Waals surface area contributed by atoms with Crippen molar-refractivity contribution in [3.8, 4) is 0 Å². The standard InChI is InChI=1S/C21H31N7O3/c1-2-3-13-28(21(30)31)18-5-4-12-27(15-18)20(29)17-8-6-16(7-9-17)14-22-11-10-19-23-25-26-24-19/h6-9,18,22H,2-5,10-15H2,1H3,(H,30,31)(H,23,24,25,26). The van der Waals surface area contributed by atoms with Crippen LogP contribution in [0.25, 0.3) is 0 Å². The van der Waals surface area contributed by atoms with Crippen LogP contribution in [-0.4, -0.2) is 79.8 Å². The maximum atomic E-state index is 13.0. The first-order chi connectivity index (χ1) is 15.1. The van der Waals surface area contributed by atoms with Gasteiger partial charge in [0.25, 0.3) is 5.91 Å². The lowest BCUT2D eigenvalue weighted by Crippen LogP contribution is -2.51. The molecule has 2 amide bonds. The Bertz CT molecular complexity index is 826. The quantitative estimate of drug-likeness (QED) is 0.492. The molecular formula is C21H31N7O3. The van der Waals surface area contributed by atoms with Gasteiger partial charge in [-0.1, -0.05) is 25.5 Å². The number of amides is 2. The van der Waals surface area contributed by atoms with Crippen molar-refractivity contribution in [2.24, 2.45) is 0 Å². The molecule has 2 aromatic rings. The zero-order chi connectivity index (χ0) is 22.1. The van der Waals surface area contributed by atoms with Gasteiger partial charge in [0, 0.05) is 44.7 Å². The van der Waals surface area contributed by atoms with Crippen LogP contribution in [0.3, 0.4) is 0 Å². The lowest BCUT2D eigenvalue weighted by Gasteiger charge is -2.38. The fourth-order valence-corrected chi connectivity index (χ4v) is 3.83. The highest BCUT2D eigenvalue weighted by Crippen LogP contribution is 2.19. The summed E-state index contributed by atoms with van der Waals surface area (Å²) in [5.41, 5.74) is 1.72. The van der Waals surface area contributed by atoms with Gasteiger partial charge in [-0.2, -0.15) is 0 Å². The molecule has 1 aliphatic heterocycles. The first-order valence-electron chi connectivity index (χ1n) is 10.9. The number of hydrogen-bond acceptors (Lipinski definition) is 6. The van der Waals surface area contributed by atoms with Gasteiger partial charge in [-0.05, 0) is 47.4 Å². The molecule has 0 radical (unpaired) electrons. The Kier molecular flexibility index (Phi) is 8.34. The van der Waals surface area contributed by atoms with Gasteiger partial charge in [-0.15, -0.1) is 5.10 Å². The van der Waals surface area contributed by atoms with E-state index in [4.69, 9.17) is 0 Å². The van der Waals surface area contributed by atoms with Crippen molar-refractivity contribution in [1.29, 1.82) is 0 Å². The van der Waals surface area contributed by atoms with Crippen LogP contribution in [0.1, 0.15) is 54.4 Å². The number of nitrogens with one attached hydrogen (secondary N) is 2. The molecule has 0 saturated carbocycles. The molecule has 3 N–H and O–H groups in total. The van der Waals surface area contributed by atoms with Gasteiger partial charge in [0.05, 0.1) is 6.04 Å². The number of rotatable bonds is 10. The van der Waals surface area contributed by atoms with E-state index in [2.05, 4.69) is 25.9 Å². The summed E-state index contributed by atoms with van der Waals surface area (Å²) in [6.07, 6.45) is 3.21. The van der Waals surface area contributed by atoms with Crippen molar-refractivity contribution < 1.29 is 14.7 Å². The molecule has 3 rings (SSSR count). The zero-order valence-electron chi connectivity index (χ0n) is 18.0. The van der Waals surface area contributed by atoms with Crippen LogP contribution in [0, 0.1) is 0 Å².